The lowest BCUT2D eigenvalue weighted by molar-refractivity contribution is -0.115. The molecule has 0 radical (unpaired) electrons. The molecule has 0 saturated heterocycles. The van der Waals surface area contributed by atoms with Gasteiger partial charge in [-0.2, -0.15) is 0 Å². The number of urea groups is 1. The first-order chi connectivity index (χ1) is 12.8. The van der Waals surface area contributed by atoms with E-state index in [9.17, 15) is 14.4 Å². The summed E-state index contributed by atoms with van der Waals surface area (Å²) >= 11 is 0. The number of hydrogen-bond donors (Lipinski definition) is 4. The van der Waals surface area contributed by atoms with Crippen molar-refractivity contribution in [3.8, 4) is 0 Å². The standard InChI is InChI=1S/C20H24N4O3/c1-12-5-7-16(8-6-12)19(26)23-24-20(27)21-11-17(25)22-18-14(3)9-13(2)10-15(18)4/h5-10H,11H2,1-4H3,(H,22,25)(H,23,26)(H2,21,24,27). The molecule has 7 nitrogen and oxygen atoms in total. The molecule has 0 heterocycles. The third-order valence-corrected chi connectivity index (χ3v) is 3.95. The maximum absolute atomic E-state index is 12.1. The number of carbonyl (C=O) groups excluding carboxylic acids is 3. The van der Waals surface area contributed by atoms with Crippen LogP contribution in [0, 0.1) is 27.7 Å². The van der Waals surface area contributed by atoms with Crippen LogP contribution in [0.5, 0.6) is 0 Å². The summed E-state index contributed by atoms with van der Waals surface area (Å²) in [5, 5.41) is 5.18. The maximum atomic E-state index is 12.1. The Kier molecular flexibility index (Phi) is 6.54. The van der Waals surface area contributed by atoms with E-state index in [2.05, 4.69) is 21.5 Å². The van der Waals surface area contributed by atoms with Gasteiger partial charge in [-0.1, -0.05) is 35.4 Å². The van der Waals surface area contributed by atoms with E-state index in [1.54, 1.807) is 24.3 Å². The smallest absolute Gasteiger partial charge is 0.328 e. The molecule has 2 aromatic rings. The van der Waals surface area contributed by atoms with Crippen molar-refractivity contribution in [2.75, 3.05) is 11.9 Å². The van der Waals surface area contributed by atoms with Gasteiger partial charge in [-0.3, -0.25) is 15.0 Å². The van der Waals surface area contributed by atoms with E-state index in [0.717, 1.165) is 27.9 Å². The van der Waals surface area contributed by atoms with Gasteiger partial charge in [0, 0.05) is 11.3 Å². The largest absolute Gasteiger partial charge is 0.333 e. The first-order valence-corrected chi connectivity index (χ1v) is 8.55. The fraction of sp³-hybridized carbons (Fsp3) is 0.250. The first-order valence-electron chi connectivity index (χ1n) is 8.55. The van der Waals surface area contributed by atoms with E-state index in [-0.39, 0.29) is 12.5 Å². The van der Waals surface area contributed by atoms with Gasteiger partial charge in [0.05, 0.1) is 6.54 Å². The highest BCUT2D eigenvalue weighted by Crippen LogP contribution is 2.21. The molecule has 142 valence electrons. The minimum atomic E-state index is -0.678. The number of hydrazine groups is 1. The Labute approximate surface area is 158 Å². The lowest BCUT2D eigenvalue weighted by atomic mass is 10.1. The zero-order valence-corrected chi connectivity index (χ0v) is 15.9. The number of carbonyl (C=O) groups is 3. The summed E-state index contributed by atoms with van der Waals surface area (Å²) in [6.07, 6.45) is 0. The number of amides is 4. The van der Waals surface area contributed by atoms with Crippen LogP contribution in [0.1, 0.15) is 32.6 Å². The second-order valence-electron chi connectivity index (χ2n) is 6.45. The molecule has 0 aliphatic rings. The van der Waals surface area contributed by atoms with Crippen LogP contribution in [0.3, 0.4) is 0 Å². The number of hydrogen-bond acceptors (Lipinski definition) is 3. The lowest BCUT2D eigenvalue weighted by Gasteiger charge is -2.13. The van der Waals surface area contributed by atoms with E-state index in [4.69, 9.17) is 0 Å². The fourth-order valence-electron chi connectivity index (χ4n) is 2.66. The van der Waals surface area contributed by atoms with Crippen LogP contribution in [-0.2, 0) is 4.79 Å². The van der Waals surface area contributed by atoms with Gasteiger partial charge < -0.3 is 10.6 Å². The topological polar surface area (TPSA) is 99.3 Å². The normalized spacial score (nSPS) is 10.1. The van der Waals surface area contributed by atoms with Crippen LogP contribution < -0.4 is 21.5 Å². The summed E-state index contributed by atoms with van der Waals surface area (Å²) < 4.78 is 0. The minimum Gasteiger partial charge on any atom is -0.328 e. The number of benzene rings is 2. The number of anilines is 1. The van der Waals surface area contributed by atoms with E-state index >= 15 is 0 Å². The molecule has 0 aliphatic heterocycles. The zero-order valence-electron chi connectivity index (χ0n) is 15.9. The highest BCUT2D eigenvalue weighted by Gasteiger charge is 2.11. The molecule has 0 spiro atoms. The van der Waals surface area contributed by atoms with E-state index < -0.39 is 11.9 Å². The van der Waals surface area contributed by atoms with E-state index in [1.165, 1.54) is 0 Å². The summed E-state index contributed by atoms with van der Waals surface area (Å²) in [5.74, 6) is -0.800. The van der Waals surface area contributed by atoms with Crippen molar-refractivity contribution in [3.05, 3.63) is 64.2 Å². The monoisotopic (exact) mass is 368 g/mol. The molecular weight excluding hydrogens is 344 g/mol. The second-order valence-corrected chi connectivity index (χ2v) is 6.45. The second kappa shape index (κ2) is 8.84. The summed E-state index contributed by atoms with van der Waals surface area (Å²) in [4.78, 5) is 35.7. The summed E-state index contributed by atoms with van der Waals surface area (Å²) in [6, 6.07) is 10.2. The van der Waals surface area contributed by atoms with Crippen molar-refractivity contribution in [1.82, 2.24) is 16.2 Å². The molecule has 0 bridgehead atoms. The molecule has 4 amide bonds. The van der Waals surface area contributed by atoms with Gasteiger partial charge in [-0.05, 0) is 51.0 Å². The third kappa shape index (κ3) is 5.85. The van der Waals surface area contributed by atoms with Crippen molar-refractivity contribution in [1.29, 1.82) is 0 Å². The van der Waals surface area contributed by atoms with Crippen molar-refractivity contribution >= 4 is 23.5 Å². The average molecular weight is 368 g/mol. The van der Waals surface area contributed by atoms with Crippen molar-refractivity contribution in [2.24, 2.45) is 0 Å². The molecule has 0 atom stereocenters. The number of rotatable bonds is 4. The van der Waals surface area contributed by atoms with E-state index in [1.807, 2.05) is 39.8 Å². The molecule has 0 aromatic heterocycles. The van der Waals surface area contributed by atoms with Crippen LogP contribution in [0.4, 0.5) is 10.5 Å². The molecule has 2 aromatic carbocycles. The summed E-state index contributed by atoms with van der Waals surface area (Å²) in [7, 11) is 0. The van der Waals surface area contributed by atoms with Gasteiger partial charge >= 0.3 is 6.03 Å². The molecule has 0 fully saturated rings. The van der Waals surface area contributed by atoms with Gasteiger partial charge in [0.15, 0.2) is 0 Å². The molecule has 0 aliphatic carbocycles. The Bertz CT molecular complexity index is 837. The zero-order chi connectivity index (χ0) is 20.0. The fourth-order valence-corrected chi connectivity index (χ4v) is 2.66. The summed E-state index contributed by atoms with van der Waals surface area (Å²) in [6.45, 7) is 7.51. The Balaban J connectivity index is 1.79. The molecular formula is C20H24N4O3. The quantitative estimate of drug-likeness (QED) is 0.624. The van der Waals surface area contributed by atoms with E-state index in [0.29, 0.717) is 5.56 Å². The predicted octanol–water partition coefficient (Wildman–Crippen LogP) is 2.50. The molecule has 2 rings (SSSR count). The average Bonchev–Trinajstić information content (AvgIpc) is 2.61. The SMILES string of the molecule is Cc1ccc(C(=O)NNC(=O)NCC(=O)Nc2c(C)cc(C)cc2C)cc1. The van der Waals surface area contributed by atoms with Gasteiger partial charge in [-0.15, -0.1) is 0 Å². The van der Waals surface area contributed by atoms with Gasteiger partial charge in [0.25, 0.3) is 5.91 Å². The molecule has 0 saturated carbocycles. The van der Waals surface area contributed by atoms with Gasteiger partial charge in [-0.25, -0.2) is 10.2 Å². The molecule has 27 heavy (non-hydrogen) atoms. The minimum absolute atomic E-state index is 0.223. The maximum Gasteiger partial charge on any atom is 0.333 e. The number of nitrogens with one attached hydrogen (secondary N) is 4. The Morgan fingerprint density at radius 2 is 1.41 bits per heavy atom. The van der Waals surface area contributed by atoms with Crippen molar-refractivity contribution in [2.45, 2.75) is 27.7 Å². The Hall–Kier alpha value is -3.35. The van der Waals surface area contributed by atoms with Crippen molar-refractivity contribution < 1.29 is 14.4 Å². The van der Waals surface area contributed by atoms with Gasteiger partial charge in [0.1, 0.15) is 0 Å². The van der Waals surface area contributed by atoms with Crippen LogP contribution in [0.25, 0.3) is 0 Å². The van der Waals surface area contributed by atoms with Crippen molar-refractivity contribution in [3.63, 3.8) is 0 Å². The first kappa shape index (κ1) is 20.0. The predicted molar refractivity (Wildman–Crippen MR) is 104 cm³/mol. The molecule has 7 heteroatoms. The molecule has 4 N–H and O–H groups in total. The Morgan fingerprint density at radius 1 is 0.815 bits per heavy atom. The van der Waals surface area contributed by atoms with Gasteiger partial charge in [0.2, 0.25) is 5.91 Å². The van der Waals surface area contributed by atoms with Crippen LogP contribution in [0.2, 0.25) is 0 Å². The third-order valence-electron chi connectivity index (χ3n) is 3.95. The van der Waals surface area contributed by atoms with Crippen LogP contribution in [0.15, 0.2) is 36.4 Å². The highest BCUT2D eigenvalue weighted by atomic mass is 16.2. The van der Waals surface area contributed by atoms with Crippen LogP contribution in [-0.4, -0.2) is 24.4 Å². The summed E-state index contributed by atoms with van der Waals surface area (Å²) in [5.41, 5.74) is 9.71. The molecule has 0 unspecified atom stereocenters. The lowest BCUT2D eigenvalue weighted by Crippen LogP contribution is -2.48. The highest BCUT2D eigenvalue weighted by molar-refractivity contribution is 5.97. The Morgan fingerprint density at radius 3 is 2.00 bits per heavy atom. The number of aryl methyl sites for hydroxylation is 4. The van der Waals surface area contributed by atoms with Crippen LogP contribution >= 0.6 is 0 Å².